The number of phosphoric ester groups is 1. The Kier molecular flexibility index (Phi) is 27.2. The standard InChI is InChI=1S/C29H62NO4P/c1-4-7-10-13-16-17-20-23-28-33-35(31,32)34-29-24-27-30(25-21-18-14-11-8-5-2)26-22-19-15-12-9-6-3/h4-29H2,1-3H3,(H,31,32). The lowest BCUT2D eigenvalue weighted by molar-refractivity contribution is 0.139. The molecule has 0 spiro atoms. The van der Waals surface area contributed by atoms with E-state index in [1.54, 1.807) is 0 Å². The maximum Gasteiger partial charge on any atom is 0.472 e. The highest BCUT2D eigenvalue weighted by molar-refractivity contribution is 7.47. The van der Waals surface area contributed by atoms with Gasteiger partial charge in [0.15, 0.2) is 0 Å². The molecule has 0 amide bonds. The van der Waals surface area contributed by atoms with Crippen LogP contribution in [0, 0.1) is 0 Å². The highest BCUT2D eigenvalue weighted by Gasteiger charge is 2.20. The quantitative estimate of drug-likeness (QED) is 0.0787. The Morgan fingerprint density at radius 1 is 0.486 bits per heavy atom. The molecule has 1 atom stereocenters. The highest BCUT2D eigenvalue weighted by Crippen LogP contribution is 2.43. The van der Waals surface area contributed by atoms with Gasteiger partial charge in [-0.05, 0) is 38.8 Å². The maximum absolute atomic E-state index is 12.2. The van der Waals surface area contributed by atoms with Crippen molar-refractivity contribution in [2.45, 2.75) is 156 Å². The lowest BCUT2D eigenvalue weighted by Crippen LogP contribution is -2.28. The van der Waals surface area contributed by atoms with E-state index in [0.29, 0.717) is 6.61 Å². The zero-order chi connectivity index (χ0) is 25.9. The summed E-state index contributed by atoms with van der Waals surface area (Å²) in [6, 6.07) is 0. The van der Waals surface area contributed by atoms with Crippen LogP contribution in [0.4, 0.5) is 0 Å². The molecule has 0 radical (unpaired) electrons. The monoisotopic (exact) mass is 519 g/mol. The van der Waals surface area contributed by atoms with Crippen LogP contribution in [0.15, 0.2) is 0 Å². The molecule has 6 heteroatoms. The number of nitrogens with zero attached hydrogens (tertiary/aromatic N) is 1. The van der Waals surface area contributed by atoms with Crippen molar-refractivity contribution in [2.24, 2.45) is 0 Å². The van der Waals surface area contributed by atoms with Gasteiger partial charge in [-0.15, -0.1) is 0 Å². The molecule has 0 aromatic rings. The number of phosphoric acid groups is 1. The minimum atomic E-state index is -3.92. The van der Waals surface area contributed by atoms with E-state index in [-0.39, 0.29) is 6.61 Å². The van der Waals surface area contributed by atoms with E-state index in [1.165, 1.54) is 116 Å². The van der Waals surface area contributed by atoms with E-state index in [9.17, 15) is 9.46 Å². The molecular formula is C29H62NO4P. The van der Waals surface area contributed by atoms with Crippen molar-refractivity contribution in [3.63, 3.8) is 0 Å². The second kappa shape index (κ2) is 27.1. The Morgan fingerprint density at radius 2 is 0.800 bits per heavy atom. The number of rotatable bonds is 29. The van der Waals surface area contributed by atoms with Crippen LogP contribution in [0.2, 0.25) is 0 Å². The fourth-order valence-electron chi connectivity index (χ4n) is 4.49. The van der Waals surface area contributed by atoms with Gasteiger partial charge in [0.1, 0.15) is 0 Å². The van der Waals surface area contributed by atoms with Gasteiger partial charge in [-0.25, -0.2) is 4.57 Å². The van der Waals surface area contributed by atoms with Crippen molar-refractivity contribution in [3.8, 4) is 0 Å². The first-order valence-electron chi connectivity index (χ1n) is 15.4. The molecular weight excluding hydrogens is 457 g/mol. The van der Waals surface area contributed by atoms with Gasteiger partial charge in [0, 0.05) is 6.54 Å². The summed E-state index contributed by atoms with van der Waals surface area (Å²) in [6.07, 6.45) is 26.1. The summed E-state index contributed by atoms with van der Waals surface area (Å²) in [5, 5.41) is 0. The predicted molar refractivity (Wildman–Crippen MR) is 152 cm³/mol. The van der Waals surface area contributed by atoms with Crippen LogP contribution in [0.1, 0.15) is 156 Å². The van der Waals surface area contributed by atoms with Crippen molar-refractivity contribution < 1.29 is 18.5 Å². The van der Waals surface area contributed by atoms with Crippen molar-refractivity contribution in [2.75, 3.05) is 32.8 Å². The first kappa shape index (κ1) is 35.1. The summed E-state index contributed by atoms with van der Waals surface area (Å²) in [5.41, 5.74) is 0. The molecule has 0 aliphatic carbocycles. The maximum atomic E-state index is 12.2. The van der Waals surface area contributed by atoms with Crippen LogP contribution in [-0.2, 0) is 13.6 Å². The van der Waals surface area contributed by atoms with Gasteiger partial charge in [0.25, 0.3) is 0 Å². The third-order valence-corrected chi connectivity index (χ3v) is 7.80. The molecule has 0 saturated heterocycles. The zero-order valence-electron chi connectivity index (χ0n) is 24.0. The van der Waals surface area contributed by atoms with Crippen LogP contribution in [0.3, 0.4) is 0 Å². The zero-order valence-corrected chi connectivity index (χ0v) is 24.8. The van der Waals surface area contributed by atoms with Crippen molar-refractivity contribution in [3.05, 3.63) is 0 Å². The van der Waals surface area contributed by atoms with Crippen molar-refractivity contribution in [1.82, 2.24) is 4.90 Å². The average Bonchev–Trinajstić information content (AvgIpc) is 2.84. The third kappa shape index (κ3) is 26.9. The van der Waals surface area contributed by atoms with Crippen LogP contribution < -0.4 is 0 Å². The van der Waals surface area contributed by atoms with Gasteiger partial charge in [0.05, 0.1) is 13.2 Å². The summed E-state index contributed by atoms with van der Waals surface area (Å²) < 4.78 is 22.6. The predicted octanol–water partition coefficient (Wildman–Crippen LogP) is 9.67. The summed E-state index contributed by atoms with van der Waals surface area (Å²) in [5.74, 6) is 0. The van der Waals surface area contributed by atoms with Gasteiger partial charge in [-0.2, -0.15) is 0 Å². The average molecular weight is 520 g/mol. The SMILES string of the molecule is CCCCCCCCCCOP(=O)(O)OCCCN(CCCCCCCC)CCCCCCCC. The Morgan fingerprint density at radius 3 is 1.23 bits per heavy atom. The summed E-state index contributed by atoms with van der Waals surface area (Å²) in [4.78, 5) is 12.5. The first-order chi connectivity index (χ1) is 17.1. The number of hydrogen-bond donors (Lipinski definition) is 1. The van der Waals surface area contributed by atoms with E-state index in [2.05, 4.69) is 25.7 Å². The Balaban J connectivity index is 3.99. The Bertz CT molecular complexity index is 448. The molecule has 0 rings (SSSR count). The third-order valence-electron chi connectivity index (χ3n) is 6.78. The van der Waals surface area contributed by atoms with Gasteiger partial charge in [0.2, 0.25) is 0 Å². The van der Waals surface area contributed by atoms with E-state index < -0.39 is 7.82 Å². The number of hydrogen-bond acceptors (Lipinski definition) is 4. The molecule has 1 N–H and O–H groups in total. The normalized spacial score (nSPS) is 13.5. The van der Waals surface area contributed by atoms with Gasteiger partial charge < -0.3 is 9.79 Å². The highest BCUT2D eigenvalue weighted by atomic mass is 31.2. The second-order valence-corrected chi connectivity index (χ2v) is 11.8. The molecule has 1 unspecified atom stereocenters. The van der Waals surface area contributed by atoms with Gasteiger partial charge in [-0.3, -0.25) is 9.05 Å². The second-order valence-electron chi connectivity index (χ2n) is 10.3. The van der Waals surface area contributed by atoms with E-state index >= 15 is 0 Å². The van der Waals surface area contributed by atoms with Crippen molar-refractivity contribution >= 4 is 7.82 Å². The molecule has 0 bridgehead atoms. The lowest BCUT2D eigenvalue weighted by Gasteiger charge is -2.22. The van der Waals surface area contributed by atoms with E-state index in [1.807, 2.05) is 0 Å². The Labute approximate surface area is 219 Å². The van der Waals surface area contributed by atoms with Crippen LogP contribution in [-0.4, -0.2) is 42.6 Å². The van der Waals surface area contributed by atoms with E-state index in [4.69, 9.17) is 9.05 Å². The molecule has 0 heterocycles. The molecule has 0 saturated carbocycles. The van der Waals surface area contributed by atoms with Crippen LogP contribution >= 0.6 is 7.82 Å². The van der Waals surface area contributed by atoms with Gasteiger partial charge >= 0.3 is 7.82 Å². The summed E-state index contributed by atoms with van der Waals surface area (Å²) in [6.45, 7) is 10.5. The van der Waals surface area contributed by atoms with E-state index in [0.717, 1.165) is 38.9 Å². The van der Waals surface area contributed by atoms with Crippen molar-refractivity contribution in [1.29, 1.82) is 0 Å². The lowest BCUT2D eigenvalue weighted by atomic mass is 10.1. The molecule has 0 aliphatic rings. The molecule has 0 aliphatic heterocycles. The fraction of sp³-hybridized carbons (Fsp3) is 1.00. The molecule has 212 valence electrons. The summed E-state index contributed by atoms with van der Waals surface area (Å²) >= 11 is 0. The molecule has 35 heavy (non-hydrogen) atoms. The first-order valence-corrected chi connectivity index (χ1v) is 16.9. The molecule has 0 fully saturated rings. The van der Waals surface area contributed by atoms with Gasteiger partial charge in [-0.1, -0.05) is 130 Å². The smallest absolute Gasteiger partial charge is 0.303 e. The Hall–Kier alpha value is 0.0700. The topological polar surface area (TPSA) is 59.0 Å². The summed E-state index contributed by atoms with van der Waals surface area (Å²) in [7, 11) is -3.92. The number of unbranched alkanes of at least 4 members (excludes halogenated alkanes) is 17. The minimum Gasteiger partial charge on any atom is -0.303 e. The minimum absolute atomic E-state index is 0.286. The molecule has 0 aromatic carbocycles. The van der Waals surface area contributed by atoms with Crippen LogP contribution in [0.25, 0.3) is 0 Å². The molecule has 5 nitrogen and oxygen atoms in total. The fourth-order valence-corrected chi connectivity index (χ4v) is 5.28. The van der Waals surface area contributed by atoms with Crippen LogP contribution in [0.5, 0.6) is 0 Å². The molecule has 0 aromatic heterocycles. The largest absolute Gasteiger partial charge is 0.472 e.